The van der Waals surface area contributed by atoms with E-state index >= 15 is 0 Å². The van der Waals surface area contributed by atoms with Crippen molar-refractivity contribution < 1.29 is 13.5 Å². The van der Waals surface area contributed by atoms with Crippen LogP contribution in [0.3, 0.4) is 0 Å². The minimum absolute atomic E-state index is 0.0519. The number of hydrogen-bond donors (Lipinski definition) is 0. The molecular weight excluding hydrogens is 272 g/mol. The van der Waals surface area contributed by atoms with E-state index in [1.165, 1.54) is 24.3 Å². The van der Waals surface area contributed by atoms with Crippen LogP contribution in [0.15, 0.2) is 36.4 Å². The summed E-state index contributed by atoms with van der Waals surface area (Å²) in [6.45, 7) is -0.0519. The summed E-state index contributed by atoms with van der Waals surface area (Å²) < 4.78 is 31.4. The van der Waals surface area contributed by atoms with Gasteiger partial charge in [0, 0.05) is 17.2 Å². The van der Waals surface area contributed by atoms with E-state index in [1.54, 1.807) is 6.07 Å². The topological polar surface area (TPSA) is 33.0 Å². The van der Waals surface area contributed by atoms with E-state index in [0.29, 0.717) is 16.1 Å². The standard InChI is InChI=1S/C14H8ClF2NO/c15-11-2-1-10(7-18)14(5-11)19-8-9-3-12(16)6-13(17)4-9/h1-6H,8H2. The molecule has 0 N–H and O–H groups in total. The van der Waals surface area contributed by atoms with Crippen LogP contribution >= 0.6 is 11.6 Å². The molecule has 0 saturated carbocycles. The van der Waals surface area contributed by atoms with Crippen LogP contribution in [0.2, 0.25) is 5.02 Å². The SMILES string of the molecule is N#Cc1ccc(Cl)cc1OCc1cc(F)cc(F)c1. The molecule has 2 aromatic carbocycles. The third kappa shape index (κ3) is 3.43. The Morgan fingerprint density at radius 2 is 1.79 bits per heavy atom. The van der Waals surface area contributed by atoms with Gasteiger partial charge in [-0.05, 0) is 29.8 Å². The van der Waals surface area contributed by atoms with Gasteiger partial charge in [-0.1, -0.05) is 11.6 Å². The first-order valence-corrected chi connectivity index (χ1v) is 5.73. The van der Waals surface area contributed by atoms with Gasteiger partial charge in [-0.3, -0.25) is 0 Å². The minimum atomic E-state index is -0.676. The number of benzene rings is 2. The molecule has 2 nitrogen and oxygen atoms in total. The maximum absolute atomic E-state index is 13.0. The molecule has 0 spiro atoms. The second kappa shape index (κ2) is 5.68. The van der Waals surface area contributed by atoms with Crippen molar-refractivity contribution in [1.29, 1.82) is 5.26 Å². The van der Waals surface area contributed by atoms with Crippen molar-refractivity contribution in [3.8, 4) is 11.8 Å². The van der Waals surface area contributed by atoms with Gasteiger partial charge in [-0.15, -0.1) is 0 Å². The van der Waals surface area contributed by atoms with Crippen LogP contribution in [0.4, 0.5) is 8.78 Å². The highest BCUT2D eigenvalue weighted by molar-refractivity contribution is 6.30. The predicted octanol–water partition coefficient (Wildman–Crippen LogP) is 4.07. The van der Waals surface area contributed by atoms with Crippen LogP contribution in [0, 0.1) is 23.0 Å². The van der Waals surface area contributed by atoms with E-state index in [0.717, 1.165) is 6.07 Å². The fraction of sp³-hybridized carbons (Fsp3) is 0.0714. The molecule has 0 fully saturated rings. The van der Waals surface area contributed by atoms with Crippen molar-refractivity contribution in [1.82, 2.24) is 0 Å². The van der Waals surface area contributed by atoms with Gasteiger partial charge in [-0.2, -0.15) is 5.26 Å². The van der Waals surface area contributed by atoms with Crippen LogP contribution in [-0.2, 0) is 6.61 Å². The zero-order valence-electron chi connectivity index (χ0n) is 9.66. The Balaban J connectivity index is 2.19. The van der Waals surface area contributed by atoms with Crippen LogP contribution < -0.4 is 4.74 Å². The van der Waals surface area contributed by atoms with Gasteiger partial charge in [0.1, 0.15) is 30.1 Å². The maximum Gasteiger partial charge on any atom is 0.139 e. The first-order chi connectivity index (χ1) is 9.08. The minimum Gasteiger partial charge on any atom is -0.487 e. The van der Waals surface area contributed by atoms with Crippen molar-refractivity contribution in [3.05, 3.63) is 64.2 Å². The number of nitriles is 1. The summed E-state index contributed by atoms with van der Waals surface area (Å²) in [7, 11) is 0. The van der Waals surface area contributed by atoms with E-state index in [-0.39, 0.29) is 12.4 Å². The Kier molecular flexibility index (Phi) is 3.98. The molecule has 0 saturated heterocycles. The lowest BCUT2D eigenvalue weighted by molar-refractivity contribution is 0.304. The van der Waals surface area contributed by atoms with Gasteiger partial charge >= 0.3 is 0 Å². The molecule has 2 rings (SSSR count). The maximum atomic E-state index is 13.0. The second-order valence-corrected chi connectivity index (χ2v) is 4.26. The molecule has 0 heterocycles. The highest BCUT2D eigenvalue weighted by Crippen LogP contribution is 2.23. The molecule has 0 unspecified atom stereocenters. The summed E-state index contributed by atoms with van der Waals surface area (Å²) in [6, 6.07) is 9.63. The van der Waals surface area contributed by atoms with Gasteiger partial charge in [0.05, 0.1) is 5.56 Å². The average Bonchev–Trinajstić information content (AvgIpc) is 2.35. The molecule has 96 valence electrons. The third-order valence-electron chi connectivity index (χ3n) is 2.38. The van der Waals surface area contributed by atoms with E-state index in [1.807, 2.05) is 6.07 Å². The zero-order chi connectivity index (χ0) is 13.8. The molecule has 0 bridgehead atoms. The van der Waals surface area contributed by atoms with Crippen LogP contribution in [0.1, 0.15) is 11.1 Å². The first kappa shape index (κ1) is 13.3. The monoisotopic (exact) mass is 279 g/mol. The number of nitrogens with zero attached hydrogens (tertiary/aromatic N) is 1. The number of rotatable bonds is 3. The van der Waals surface area contributed by atoms with Gasteiger partial charge in [0.25, 0.3) is 0 Å². The summed E-state index contributed by atoms with van der Waals surface area (Å²) in [5.41, 5.74) is 0.641. The fourth-order valence-electron chi connectivity index (χ4n) is 1.56. The van der Waals surface area contributed by atoms with E-state index in [2.05, 4.69) is 0 Å². The van der Waals surface area contributed by atoms with Crippen LogP contribution in [0.5, 0.6) is 5.75 Å². The molecule has 5 heteroatoms. The molecule has 2 aromatic rings. The van der Waals surface area contributed by atoms with Crippen molar-refractivity contribution in [2.75, 3.05) is 0 Å². The average molecular weight is 280 g/mol. The number of hydrogen-bond acceptors (Lipinski definition) is 2. The van der Waals surface area contributed by atoms with Gasteiger partial charge in [0.15, 0.2) is 0 Å². The molecule has 19 heavy (non-hydrogen) atoms. The van der Waals surface area contributed by atoms with E-state index in [4.69, 9.17) is 21.6 Å². The molecule has 0 aromatic heterocycles. The molecule has 0 atom stereocenters. The van der Waals surface area contributed by atoms with Crippen LogP contribution in [0.25, 0.3) is 0 Å². The highest BCUT2D eigenvalue weighted by Gasteiger charge is 2.06. The summed E-state index contributed by atoms with van der Waals surface area (Å²) in [6.07, 6.45) is 0. The zero-order valence-corrected chi connectivity index (χ0v) is 10.4. The number of ether oxygens (including phenoxy) is 1. The Hall–Kier alpha value is -2.12. The van der Waals surface area contributed by atoms with Gasteiger partial charge < -0.3 is 4.74 Å². The smallest absolute Gasteiger partial charge is 0.139 e. The lowest BCUT2D eigenvalue weighted by Crippen LogP contribution is -1.98. The largest absolute Gasteiger partial charge is 0.487 e. The van der Waals surface area contributed by atoms with Crippen molar-refractivity contribution >= 4 is 11.6 Å². The second-order valence-electron chi connectivity index (χ2n) is 3.82. The molecule has 0 aliphatic heterocycles. The Morgan fingerprint density at radius 3 is 2.42 bits per heavy atom. The van der Waals surface area contributed by atoms with Crippen molar-refractivity contribution in [3.63, 3.8) is 0 Å². The predicted molar refractivity (Wildman–Crippen MR) is 66.9 cm³/mol. The normalized spacial score (nSPS) is 10.0. The molecule has 0 aliphatic carbocycles. The van der Waals surface area contributed by atoms with Crippen LogP contribution in [-0.4, -0.2) is 0 Å². The lowest BCUT2D eigenvalue weighted by Gasteiger charge is -2.08. The Bertz CT molecular complexity index is 632. The molecule has 0 amide bonds. The lowest BCUT2D eigenvalue weighted by atomic mass is 10.2. The van der Waals surface area contributed by atoms with Crippen molar-refractivity contribution in [2.24, 2.45) is 0 Å². The first-order valence-electron chi connectivity index (χ1n) is 5.36. The quantitative estimate of drug-likeness (QED) is 0.848. The van der Waals surface area contributed by atoms with Crippen molar-refractivity contribution in [2.45, 2.75) is 6.61 Å². The summed E-state index contributed by atoms with van der Waals surface area (Å²) in [4.78, 5) is 0. The molecule has 0 radical (unpaired) electrons. The Labute approximate surface area is 113 Å². The number of halogens is 3. The van der Waals surface area contributed by atoms with E-state index in [9.17, 15) is 8.78 Å². The van der Waals surface area contributed by atoms with Gasteiger partial charge in [-0.25, -0.2) is 8.78 Å². The third-order valence-corrected chi connectivity index (χ3v) is 2.62. The summed E-state index contributed by atoms with van der Waals surface area (Å²) in [5, 5.41) is 9.32. The highest BCUT2D eigenvalue weighted by atomic mass is 35.5. The molecule has 0 aliphatic rings. The fourth-order valence-corrected chi connectivity index (χ4v) is 1.73. The molecular formula is C14H8ClF2NO. The summed E-state index contributed by atoms with van der Waals surface area (Å²) >= 11 is 5.80. The van der Waals surface area contributed by atoms with E-state index < -0.39 is 11.6 Å². The van der Waals surface area contributed by atoms with Gasteiger partial charge in [0.2, 0.25) is 0 Å². The summed E-state index contributed by atoms with van der Waals surface area (Å²) in [5.74, 6) is -1.07. The Morgan fingerprint density at radius 1 is 1.11 bits per heavy atom.